The van der Waals surface area contributed by atoms with E-state index in [1.54, 1.807) is 24.5 Å². The fourth-order valence-corrected chi connectivity index (χ4v) is 6.12. The zero-order valence-electron chi connectivity index (χ0n) is 21.7. The Balaban J connectivity index is 1.45. The normalized spacial score (nSPS) is 25.1. The van der Waals surface area contributed by atoms with Gasteiger partial charge >= 0.3 is 6.09 Å². The van der Waals surface area contributed by atoms with Crippen molar-refractivity contribution in [2.45, 2.75) is 76.6 Å². The van der Waals surface area contributed by atoms with Crippen molar-refractivity contribution in [3.05, 3.63) is 40.4 Å². The van der Waals surface area contributed by atoms with Gasteiger partial charge in [-0.05, 0) is 52.2 Å². The largest absolute Gasteiger partial charge is 0.444 e. The molecule has 1 saturated heterocycles. The van der Waals surface area contributed by atoms with Crippen molar-refractivity contribution in [2.75, 3.05) is 24.6 Å². The van der Waals surface area contributed by atoms with Crippen LogP contribution >= 0.6 is 0 Å². The molecule has 196 valence electrons. The molecule has 1 N–H and O–H groups in total. The van der Waals surface area contributed by atoms with E-state index in [9.17, 15) is 14.7 Å². The third-order valence-corrected chi connectivity index (χ3v) is 7.82. The summed E-state index contributed by atoms with van der Waals surface area (Å²) in [5.74, 6) is 0.0673. The van der Waals surface area contributed by atoms with Gasteiger partial charge < -0.3 is 24.2 Å². The molecule has 0 aromatic carbocycles. The van der Waals surface area contributed by atoms with Gasteiger partial charge in [-0.3, -0.25) is 9.78 Å². The maximum absolute atomic E-state index is 14.1. The van der Waals surface area contributed by atoms with Crippen LogP contribution in [0.2, 0.25) is 0 Å². The molecular weight excluding hydrogens is 474 g/mol. The molecule has 2 aliphatic heterocycles. The first-order valence-corrected chi connectivity index (χ1v) is 13.0. The fraction of sp³-hybridized carbons (Fsp3) is 0.577. The lowest BCUT2D eigenvalue weighted by molar-refractivity contribution is -0.00450. The van der Waals surface area contributed by atoms with Crippen molar-refractivity contribution in [3.8, 4) is 5.69 Å². The Hall–Kier alpha value is -3.47. The first-order chi connectivity index (χ1) is 17.7. The first kappa shape index (κ1) is 23.9. The monoisotopic (exact) mass is 507 g/mol. The number of rotatable bonds is 3. The van der Waals surface area contributed by atoms with Gasteiger partial charge in [-0.25, -0.2) is 4.79 Å². The summed E-state index contributed by atoms with van der Waals surface area (Å²) >= 11 is 0. The SMILES string of the molecule is CC1CC(CO)n2c1c(N1CCN(C(=O)OC(C)(C)C)[C@H]3CC[C@@H]31)c(=O)c1nn(-c3ccncc3)nc12. The highest BCUT2D eigenvalue weighted by molar-refractivity contribution is 5.79. The number of carbonyl (C=O) groups excluding carboxylic acids is 1. The third-order valence-electron chi connectivity index (χ3n) is 7.82. The van der Waals surface area contributed by atoms with Crippen LogP contribution in [0.4, 0.5) is 10.5 Å². The summed E-state index contributed by atoms with van der Waals surface area (Å²) in [5.41, 5.74) is 2.30. The molecule has 0 radical (unpaired) electrons. The molecule has 5 heterocycles. The van der Waals surface area contributed by atoms with E-state index in [1.165, 1.54) is 4.80 Å². The number of pyridine rings is 2. The molecule has 3 aromatic rings. The topological polar surface area (TPSA) is 119 Å². The average Bonchev–Trinajstić information content (AvgIpc) is 3.41. The molecule has 2 fully saturated rings. The minimum absolute atomic E-state index is 0.00260. The third kappa shape index (κ3) is 3.78. The molecule has 37 heavy (non-hydrogen) atoms. The molecule has 0 bridgehead atoms. The number of carbonyl (C=O) groups is 1. The van der Waals surface area contributed by atoms with Crippen molar-refractivity contribution in [1.82, 2.24) is 29.4 Å². The van der Waals surface area contributed by atoms with E-state index in [1.807, 2.05) is 30.2 Å². The smallest absolute Gasteiger partial charge is 0.410 e. The van der Waals surface area contributed by atoms with Crippen molar-refractivity contribution in [3.63, 3.8) is 0 Å². The van der Waals surface area contributed by atoms with Gasteiger partial charge in [-0.2, -0.15) is 0 Å². The zero-order valence-corrected chi connectivity index (χ0v) is 21.7. The molecule has 1 amide bonds. The standard InChI is InChI=1S/C26H33N7O4/c1-15-13-17(14-34)32-21(15)22(23(35)20-24(32)29-33(28-20)16-7-9-27-10-8-16)30-11-12-31(19-6-5-18(19)30)25(36)37-26(2,3)4/h7-10,15,17-19,34H,5-6,11-14H2,1-4H3/t15?,17?,18-,19-/m0/s1. The molecule has 1 aliphatic carbocycles. The van der Waals surface area contributed by atoms with E-state index < -0.39 is 5.60 Å². The Labute approximate surface area is 214 Å². The number of fused-ring (bicyclic) bond motifs is 4. The summed E-state index contributed by atoms with van der Waals surface area (Å²) in [6, 6.07) is 3.42. The highest BCUT2D eigenvalue weighted by atomic mass is 16.6. The Bertz CT molecular complexity index is 1410. The Morgan fingerprint density at radius 1 is 1.14 bits per heavy atom. The molecule has 11 heteroatoms. The maximum atomic E-state index is 14.1. The number of amides is 1. The number of aliphatic hydroxyl groups excluding tert-OH is 1. The van der Waals surface area contributed by atoms with Crippen LogP contribution in [0.5, 0.6) is 0 Å². The predicted octanol–water partition coefficient (Wildman–Crippen LogP) is 2.61. The van der Waals surface area contributed by atoms with Gasteiger partial charge in [0.2, 0.25) is 5.43 Å². The number of aromatic nitrogens is 5. The molecule has 4 atom stereocenters. The molecule has 11 nitrogen and oxygen atoms in total. The van der Waals surface area contributed by atoms with E-state index in [0.717, 1.165) is 25.0 Å². The second-order valence-electron chi connectivity index (χ2n) is 11.4. The van der Waals surface area contributed by atoms with E-state index in [4.69, 9.17) is 9.84 Å². The van der Waals surface area contributed by atoms with E-state index in [-0.39, 0.29) is 47.7 Å². The van der Waals surface area contributed by atoms with Gasteiger partial charge in [0.1, 0.15) is 11.3 Å². The Morgan fingerprint density at radius 2 is 1.86 bits per heavy atom. The lowest BCUT2D eigenvalue weighted by atomic mass is 9.81. The van der Waals surface area contributed by atoms with Crippen LogP contribution in [-0.2, 0) is 4.74 Å². The number of hydrogen-bond acceptors (Lipinski definition) is 8. The number of ether oxygens (including phenoxy) is 1. The van der Waals surface area contributed by atoms with Crippen molar-refractivity contribution in [1.29, 1.82) is 0 Å². The van der Waals surface area contributed by atoms with Gasteiger partial charge in [0.15, 0.2) is 11.2 Å². The highest BCUT2D eigenvalue weighted by Gasteiger charge is 2.48. The maximum Gasteiger partial charge on any atom is 0.410 e. The quantitative estimate of drug-likeness (QED) is 0.575. The summed E-state index contributed by atoms with van der Waals surface area (Å²) in [6.45, 7) is 8.68. The van der Waals surface area contributed by atoms with Gasteiger partial charge in [0, 0.05) is 37.4 Å². The second kappa shape index (κ2) is 8.54. The first-order valence-electron chi connectivity index (χ1n) is 13.0. The van der Waals surface area contributed by atoms with E-state index >= 15 is 0 Å². The van der Waals surface area contributed by atoms with E-state index in [0.29, 0.717) is 30.1 Å². The average molecular weight is 508 g/mol. The van der Waals surface area contributed by atoms with Crippen LogP contribution in [-0.4, -0.2) is 78.0 Å². The summed E-state index contributed by atoms with van der Waals surface area (Å²) in [4.78, 5) is 36.5. The lowest BCUT2D eigenvalue weighted by Crippen LogP contribution is -2.67. The molecular formula is C26H33N7O4. The number of anilines is 1. The summed E-state index contributed by atoms with van der Waals surface area (Å²) in [5, 5.41) is 19.5. The van der Waals surface area contributed by atoms with Crippen molar-refractivity contribution < 1.29 is 14.6 Å². The predicted molar refractivity (Wildman–Crippen MR) is 137 cm³/mol. The molecule has 1 saturated carbocycles. The molecule has 0 spiro atoms. The summed E-state index contributed by atoms with van der Waals surface area (Å²) < 4.78 is 7.69. The number of piperazine rings is 1. The Kier molecular flexibility index (Phi) is 5.52. The van der Waals surface area contributed by atoms with Crippen LogP contribution in [0.3, 0.4) is 0 Å². The summed E-state index contributed by atoms with van der Waals surface area (Å²) in [7, 11) is 0. The minimum Gasteiger partial charge on any atom is -0.444 e. The molecule has 3 aliphatic rings. The number of aliphatic hydroxyl groups is 1. The fourth-order valence-electron chi connectivity index (χ4n) is 6.12. The van der Waals surface area contributed by atoms with Gasteiger partial charge in [0.05, 0.1) is 30.1 Å². The zero-order chi connectivity index (χ0) is 26.1. The molecule has 6 rings (SSSR count). The minimum atomic E-state index is -0.562. The molecule has 2 unspecified atom stereocenters. The second-order valence-corrected chi connectivity index (χ2v) is 11.4. The highest BCUT2D eigenvalue weighted by Crippen LogP contribution is 2.45. The van der Waals surface area contributed by atoms with Gasteiger partial charge in [-0.1, -0.05) is 6.92 Å². The van der Waals surface area contributed by atoms with Gasteiger partial charge in [-0.15, -0.1) is 15.0 Å². The molecule has 3 aromatic heterocycles. The lowest BCUT2D eigenvalue weighted by Gasteiger charge is -2.54. The summed E-state index contributed by atoms with van der Waals surface area (Å²) in [6.07, 6.45) is 5.50. The Morgan fingerprint density at radius 3 is 2.51 bits per heavy atom. The van der Waals surface area contributed by atoms with Crippen LogP contribution in [0, 0.1) is 0 Å². The van der Waals surface area contributed by atoms with Crippen molar-refractivity contribution in [2.24, 2.45) is 0 Å². The number of nitrogens with zero attached hydrogens (tertiary/aromatic N) is 7. The van der Waals surface area contributed by atoms with Crippen LogP contribution in [0.1, 0.15) is 64.6 Å². The van der Waals surface area contributed by atoms with Crippen LogP contribution in [0.25, 0.3) is 16.9 Å². The van der Waals surface area contributed by atoms with Gasteiger partial charge in [0.25, 0.3) is 0 Å². The van der Waals surface area contributed by atoms with E-state index in [2.05, 4.69) is 21.9 Å². The van der Waals surface area contributed by atoms with Crippen LogP contribution < -0.4 is 10.3 Å². The van der Waals surface area contributed by atoms with Crippen molar-refractivity contribution >= 4 is 22.9 Å². The number of hydrogen-bond donors (Lipinski definition) is 1. The van der Waals surface area contributed by atoms with Crippen LogP contribution in [0.15, 0.2) is 29.3 Å².